The number of methoxy groups -OCH3 is 1. The molecular weight excluding hydrogens is 196 g/mol. The molecule has 1 rings (SSSR count). The van der Waals surface area contributed by atoms with Gasteiger partial charge in [0.25, 0.3) is 0 Å². The first-order valence-electron chi connectivity index (χ1n) is 4.21. The number of para-hydroxylation sites is 1. The maximum Gasteiger partial charge on any atom is 0.508 e. The van der Waals surface area contributed by atoms with Crippen molar-refractivity contribution < 1.29 is 19.4 Å². The second-order valence-corrected chi connectivity index (χ2v) is 2.56. The van der Waals surface area contributed by atoms with Crippen molar-refractivity contribution in [2.45, 2.75) is 0 Å². The molecule has 0 aliphatic carbocycles. The van der Waals surface area contributed by atoms with Crippen LogP contribution in [0.3, 0.4) is 0 Å². The van der Waals surface area contributed by atoms with E-state index in [4.69, 9.17) is 0 Å². The number of aromatic hydroxyl groups is 1. The molecule has 0 radical (unpaired) electrons. The zero-order valence-corrected chi connectivity index (χ0v) is 8.19. The van der Waals surface area contributed by atoms with Crippen LogP contribution in [0.4, 0.5) is 4.79 Å². The molecule has 1 aromatic rings. The summed E-state index contributed by atoms with van der Waals surface area (Å²) in [5.74, 6) is 5.33. The van der Waals surface area contributed by atoms with Crippen LogP contribution in [-0.2, 0) is 9.47 Å². The van der Waals surface area contributed by atoms with Gasteiger partial charge < -0.3 is 14.6 Å². The minimum absolute atomic E-state index is 0.0684. The van der Waals surface area contributed by atoms with Crippen LogP contribution in [0.2, 0.25) is 0 Å². The zero-order chi connectivity index (χ0) is 11.1. The second-order valence-electron chi connectivity index (χ2n) is 2.56. The van der Waals surface area contributed by atoms with E-state index in [0.29, 0.717) is 5.56 Å². The minimum atomic E-state index is -0.776. The predicted octanol–water partition coefficient (Wildman–Crippen LogP) is 1.53. The van der Waals surface area contributed by atoms with Gasteiger partial charge in [0, 0.05) is 0 Å². The number of hydrogen-bond acceptors (Lipinski definition) is 4. The lowest BCUT2D eigenvalue weighted by Crippen LogP contribution is -2.03. The molecule has 0 bridgehead atoms. The highest BCUT2D eigenvalue weighted by Gasteiger charge is 1.96. The molecule has 0 spiro atoms. The normalized spacial score (nSPS) is 8.60. The van der Waals surface area contributed by atoms with Crippen LogP contribution in [0.25, 0.3) is 0 Å². The largest absolute Gasteiger partial charge is 0.508 e. The van der Waals surface area contributed by atoms with Gasteiger partial charge in [0.1, 0.15) is 5.75 Å². The Labute approximate surface area is 87.4 Å². The molecule has 0 saturated heterocycles. The summed E-state index contributed by atoms with van der Waals surface area (Å²) in [6.07, 6.45) is -0.776. The van der Waals surface area contributed by atoms with E-state index in [0.717, 1.165) is 0 Å². The number of phenolic OH excluding ortho intramolecular Hbond substituents is 1. The smallest absolute Gasteiger partial charge is 0.507 e. The van der Waals surface area contributed by atoms with Crippen molar-refractivity contribution >= 4 is 6.16 Å². The van der Waals surface area contributed by atoms with Gasteiger partial charge in [0.2, 0.25) is 0 Å². The summed E-state index contributed by atoms with van der Waals surface area (Å²) in [6, 6.07) is 6.65. The SMILES string of the molecule is COC(=O)OCC#Cc1ccccc1O. The Morgan fingerprint density at radius 1 is 1.47 bits per heavy atom. The number of benzene rings is 1. The van der Waals surface area contributed by atoms with Crippen molar-refractivity contribution in [1.29, 1.82) is 0 Å². The Hall–Kier alpha value is -2.15. The van der Waals surface area contributed by atoms with Crippen molar-refractivity contribution in [2.24, 2.45) is 0 Å². The van der Waals surface area contributed by atoms with Crippen molar-refractivity contribution in [3.8, 4) is 17.6 Å². The molecule has 15 heavy (non-hydrogen) atoms. The van der Waals surface area contributed by atoms with Gasteiger partial charge in [-0.15, -0.1) is 0 Å². The molecule has 0 amide bonds. The first kappa shape index (κ1) is 10.9. The van der Waals surface area contributed by atoms with Gasteiger partial charge in [-0.2, -0.15) is 0 Å². The molecule has 4 heteroatoms. The number of phenols is 1. The number of carbonyl (C=O) groups is 1. The molecule has 1 N–H and O–H groups in total. The highest BCUT2D eigenvalue weighted by Crippen LogP contribution is 2.13. The molecule has 0 heterocycles. The van der Waals surface area contributed by atoms with Gasteiger partial charge in [-0.25, -0.2) is 4.79 Å². The lowest BCUT2D eigenvalue weighted by molar-refractivity contribution is 0.0833. The topological polar surface area (TPSA) is 55.8 Å². The third kappa shape index (κ3) is 3.61. The van der Waals surface area contributed by atoms with Crippen LogP contribution in [0.15, 0.2) is 24.3 Å². The van der Waals surface area contributed by atoms with Gasteiger partial charge in [0.15, 0.2) is 6.61 Å². The van der Waals surface area contributed by atoms with Gasteiger partial charge in [-0.1, -0.05) is 24.0 Å². The van der Waals surface area contributed by atoms with E-state index in [9.17, 15) is 9.90 Å². The number of carbonyl (C=O) groups excluding carboxylic acids is 1. The molecule has 0 aliphatic heterocycles. The third-order valence-corrected chi connectivity index (χ3v) is 1.56. The third-order valence-electron chi connectivity index (χ3n) is 1.56. The van der Waals surface area contributed by atoms with Crippen molar-refractivity contribution in [3.63, 3.8) is 0 Å². The summed E-state index contributed by atoms with van der Waals surface area (Å²) in [7, 11) is 1.22. The monoisotopic (exact) mass is 206 g/mol. The number of rotatable bonds is 1. The summed E-state index contributed by atoms with van der Waals surface area (Å²) in [5.41, 5.74) is 0.492. The van der Waals surface area contributed by atoms with E-state index >= 15 is 0 Å². The van der Waals surface area contributed by atoms with Crippen molar-refractivity contribution in [1.82, 2.24) is 0 Å². The summed E-state index contributed by atoms with van der Waals surface area (Å²) in [5, 5.41) is 9.33. The van der Waals surface area contributed by atoms with Crippen LogP contribution < -0.4 is 0 Å². The fourth-order valence-corrected chi connectivity index (χ4v) is 0.865. The quantitative estimate of drug-likeness (QED) is 0.559. The van der Waals surface area contributed by atoms with Crippen molar-refractivity contribution in [3.05, 3.63) is 29.8 Å². The van der Waals surface area contributed by atoms with E-state index < -0.39 is 6.16 Å². The fraction of sp³-hybridized carbons (Fsp3) is 0.182. The second kappa shape index (κ2) is 5.55. The summed E-state index contributed by atoms with van der Waals surface area (Å²) >= 11 is 0. The van der Waals surface area contributed by atoms with Gasteiger partial charge in [-0.3, -0.25) is 0 Å². The molecular formula is C11H10O4. The molecule has 0 aromatic heterocycles. The summed E-state index contributed by atoms with van der Waals surface area (Å²) < 4.78 is 8.78. The first-order chi connectivity index (χ1) is 7.24. The Balaban J connectivity index is 2.52. The lowest BCUT2D eigenvalue weighted by atomic mass is 10.2. The molecule has 4 nitrogen and oxygen atoms in total. The Morgan fingerprint density at radius 3 is 2.87 bits per heavy atom. The number of ether oxygens (including phenoxy) is 2. The summed E-state index contributed by atoms with van der Waals surface area (Å²) in [6.45, 7) is -0.0684. The van der Waals surface area contributed by atoms with Crippen LogP contribution in [0, 0.1) is 11.8 Å². The Bertz CT molecular complexity index is 401. The van der Waals surface area contributed by atoms with Gasteiger partial charge in [0.05, 0.1) is 12.7 Å². The standard InChI is InChI=1S/C11H10O4/c1-14-11(13)15-8-4-6-9-5-2-3-7-10(9)12/h2-3,5,7,12H,8H2,1H3. The van der Waals surface area contributed by atoms with E-state index in [1.165, 1.54) is 13.2 Å². The van der Waals surface area contributed by atoms with Crippen molar-refractivity contribution in [2.75, 3.05) is 13.7 Å². The molecule has 78 valence electrons. The first-order valence-corrected chi connectivity index (χ1v) is 4.21. The average molecular weight is 206 g/mol. The lowest BCUT2D eigenvalue weighted by Gasteiger charge is -1.96. The van der Waals surface area contributed by atoms with E-state index in [2.05, 4.69) is 21.3 Å². The highest BCUT2D eigenvalue weighted by molar-refractivity contribution is 5.59. The molecule has 0 aliphatic rings. The van der Waals surface area contributed by atoms with E-state index in [-0.39, 0.29) is 12.4 Å². The predicted molar refractivity (Wildman–Crippen MR) is 53.3 cm³/mol. The summed E-state index contributed by atoms with van der Waals surface area (Å²) in [4.78, 5) is 10.5. The molecule has 0 saturated carbocycles. The molecule has 1 aromatic carbocycles. The minimum Gasteiger partial charge on any atom is -0.507 e. The molecule has 0 unspecified atom stereocenters. The van der Waals surface area contributed by atoms with Crippen LogP contribution in [0.1, 0.15) is 5.56 Å². The maximum atomic E-state index is 10.5. The zero-order valence-electron chi connectivity index (χ0n) is 8.19. The van der Waals surface area contributed by atoms with E-state index in [1.807, 2.05) is 0 Å². The molecule has 0 atom stereocenters. The maximum absolute atomic E-state index is 10.5. The van der Waals surface area contributed by atoms with Crippen LogP contribution in [0.5, 0.6) is 5.75 Å². The van der Waals surface area contributed by atoms with E-state index in [1.54, 1.807) is 18.2 Å². The highest BCUT2D eigenvalue weighted by atomic mass is 16.7. The van der Waals surface area contributed by atoms with Gasteiger partial charge >= 0.3 is 6.16 Å². The Morgan fingerprint density at radius 2 is 2.20 bits per heavy atom. The fourth-order valence-electron chi connectivity index (χ4n) is 0.865. The average Bonchev–Trinajstić information content (AvgIpc) is 2.26. The van der Waals surface area contributed by atoms with Crippen LogP contribution in [-0.4, -0.2) is 25.0 Å². The number of hydrogen-bond donors (Lipinski definition) is 1. The van der Waals surface area contributed by atoms with Crippen LogP contribution >= 0.6 is 0 Å². The Kier molecular flexibility index (Phi) is 4.05. The van der Waals surface area contributed by atoms with Gasteiger partial charge in [-0.05, 0) is 12.1 Å². The molecule has 0 fully saturated rings.